The van der Waals surface area contributed by atoms with Crippen LogP contribution in [0.5, 0.6) is 0 Å². The van der Waals surface area contributed by atoms with E-state index in [-0.39, 0.29) is 11.3 Å². The molecule has 0 aliphatic heterocycles. The molecule has 0 atom stereocenters. The minimum atomic E-state index is -0.571. The summed E-state index contributed by atoms with van der Waals surface area (Å²) in [6.45, 7) is 5.39. The van der Waals surface area contributed by atoms with Gasteiger partial charge in [-0.25, -0.2) is 9.97 Å². The lowest BCUT2D eigenvalue weighted by Gasteiger charge is -2.09. The lowest BCUT2D eigenvalue weighted by molar-refractivity contribution is -0.385. The Morgan fingerprint density at radius 2 is 1.47 bits per heavy atom. The number of thioether (sulfide) groups is 1. The predicted molar refractivity (Wildman–Crippen MR) is 120 cm³/mol. The number of nitrogens with zero attached hydrogens (tertiary/aromatic N) is 3. The SMILES string of the molecule is Cc1cc(C)nc(SCc2ccc(C(=O)NNC(=O)c3ccc([N+](=O)[O-])c(C)c3)cc2)n1. The van der Waals surface area contributed by atoms with Crippen LogP contribution in [0, 0.1) is 30.9 Å². The number of aromatic nitrogens is 2. The Kier molecular flexibility index (Phi) is 7.16. The third kappa shape index (κ3) is 5.88. The summed E-state index contributed by atoms with van der Waals surface area (Å²) in [5.41, 5.74) is 8.35. The van der Waals surface area contributed by atoms with Gasteiger partial charge in [-0.05, 0) is 56.7 Å². The molecule has 164 valence electrons. The maximum absolute atomic E-state index is 12.3. The largest absolute Gasteiger partial charge is 0.272 e. The Morgan fingerprint density at radius 3 is 2.03 bits per heavy atom. The molecule has 2 aromatic carbocycles. The first-order valence-corrected chi connectivity index (χ1v) is 10.6. The molecule has 0 fully saturated rings. The Morgan fingerprint density at radius 1 is 0.906 bits per heavy atom. The number of carbonyl (C=O) groups is 2. The molecule has 3 rings (SSSR count). The van der Waals surface area contributed by atoms with Crippen LogP contribution >= 0.6 is 11.8 Å². The fourth-order valence-corrected chi connectivity index (χ4v) is 3.82. The average Bonchev–Trinajstić information content (AvgIpc) is 2.75. The van der Waals surface area contributed by atoms with E-state index in [1.165, 1.54) is 30.0 Å². The molecule has 0 aliphatic carbocycles. The fraction of sp³-hybridized carbons (Fsp3) is 0.182. The smallest absolute Gasteiger partial charge is 0.267 e. The van der Waals surface area contributed by atoms with Crippen LogP contribution in [-0.4, -0.2) is 26.7 Å². The van der Waals surface area contributed by atoms with E-state index in [1.54, 1.807) is 19.1 Å². The maximum Gasteiger partial charge on any atom is 0.272 e. The van der Waals surface area contributed by atoms with Crippen molar-refractivity contribution in [1.29, 1.82) is 0 Å². The van der Waals surface area contributed by atoms with E-state index in [0.717, 1.165) is 17.0 Å². The number of aryl methyl sites for hydroxylation is 3. The second-order valence-corrected chi connectivity index (χ2v) is 8.03. The number of hydrogen-bond donors (Lipinski definition) is 2. The summed E-state index contributed by atoms with van der Waals surface area (Å²) in [4.78, 5) is 43.7. The number of carbonyl (C=O) groups excluding carboxylic acids is 2. The molecule has 2 N–H and O–H groups in total. The quantitative estimate of drug-likeness (QED) is 0.253. The molecular weight excluding hydrogens is 430 g/mol. The topological polar surface area (TPSA) is 127 Å². The number of nitro groups is 1. The van der Waals surface area contributed by atoms with Gasteiger partial charge >= 0.3 is 0 Å². The van der Waals surface area contributed by atoms with Gasteiger partial charge in [0.25, 0.3) is 17.5 Å². The second-order valence-electron chi connectivity index (χ2n) is 7.09. The standard InChI is InChI=1S/C22H21N5O4S/c1-13-10-18(8-9-19(13)27(30)31)21(29)26-25-20(28)17-6-4-16(5-7-17)12-32-22-23-14(2)11-15(3)24-22/h4-11H,12H2,1-3H3,(H,25,28)(H,26,29). The molecule has 10 heteroatoms. The zero-order valence-corrected chi connectivity index (χ0v) is 18.5. The lowest BCUT2D eigenvalue weighted by atomic mass is 10.1. The minimum absolute atomic E-state index is 0.0760. The van der Waals surface area contributed by atoms with Crippen LogP contribution in [0.3, 0.4) is 0 Å². The van der Waals surface area contributed by atoms with E-state index in [1.807, 2.05) is 32.0 Å². The van der Waals surface area contributed by atoms with Gasteiger partial charge in [0.15, 0.2) is 5.16 Å². The Balaban J connectivity index is 1.54. The van der Waals surface area contributed by atoms with Crippen molar-refractivity contribution in [3.05, 3.63) is 92.3 Å². The van der Waals surface area contributed by atoms with Gasteiger partial charge in [0.1, 0.15) is 0 Å². The Hall–Kier alpha value is -3.79. The summed E-state index contributed by atoms with van der Waals surface area (Å²) in [5.74, 6) is -0.396. The summed E-state index contributed by atoms with van der Waals surface area (Å²) in [6, 6.07) is 12.9. The van der Waals surface area contributed by atoms with Crippen molar-refractivity contribution < 1.29 is 14.5 Å². The number of hydrogen-bond acceptors (Lipinski definition) is 7. The first-order valence-electron chi connectivity index (χ1n) is 9.62. The van der Waals surface area contributed by atoms with E-state index < -0.39 is 16.7 Å². The molecule has 1 aromatic heterocycles. The van der Waals surface area contributed by atoms with Crippen molar-refractivity contribution in [3.63, 3.8) is 0 Å². The number of amides is 2. The van der Waals surface area contributed by atoms with Crippen LogP contribution in [0.15, 0.2) is 53.7 Å². The third-order valence-corrected chi connectivity index (χ3v) is 5.41. The second kappa shape index (κ2) is 10.0. The van der Waals surface area contributed by atoms with Crippen LogP contribution in [0.4, 0.5) is 5.69 Å². The Bertz CT molecular complexity index is 1160. The van der Waals surface area contributed by atoms with Gasteiger partial charge in [-0.15, -0.1) is 0 Å². The highest BCUT2D eigenvalue weighted by molar-refractivity contribution is 7.98. The average molecular weight is 452 g/mol. The zero-order chi connectivity index (χ0) is 23.3. The summed E-state index contributed by atoms with van der Waals surface area (Å²) in [5, 5.41) is 11.6. The monoisotopic (exact) mass is 451 g/mol. The molecule has 0 spiro atoms. The lowest BCUT2D eigenvalue weighted by Crippen LogP contribution is -2.41. The molecule has 0 saturated carbocycles. The van der Waals surface area contributed by atoms with Crippen LogP contribution in [-0.2, 0) is 5.75 Å². The molecule has 0 unspecified atom stereocenters. The highest BCUT2D eigenvalue weighted by atomic mass is 32.2. The first-order chi connectivity index (χ1) is 15.2. The van der Waals surface area contributed by atoms with E-state index in [4.69, 9.17) is 0 Å². The fourth-order valence-electron chi connectivity index (χ4n) is 2.92. The van der Waals surface area contributed by atoms with Gasteiger partial charge in [0.05, 0.1) is 4.92 Å². The number of benzene rings is 2. The van der Waals surface area contributed by atoms with Gasteiger partial charge in [-0.1, -0.05) is 23.9 Å². The van der Waals surface area contributed by atoms with E-state index in [2.05, 4.69) is 20.8 Å². The van der Waals surface area contributed by atoms with Gasteiger partial charge in [0.2, 0.25) is 0 Å². The summed E-state index contributed by atoms with van der Waals surface area (Å²) >= 11 is 1.51. The molecule has 0 saturated heterocycles. The molecule has 0 radical (unpaired) electrons. The highest BCUT2D eigenvalue weighted by Crippen LogP contribution is 2.20. The van der Waals surface area contributed by atoms with Gasteiger partial charge < -0.3 is 0 Å². The van der Waals surface area contributed by atoms with E-state index in [9.17, 15) is 19.7 Å². The molecule has 2 amide bonds. The maximum atomic E-state index is 12.3. The number of nitrogens with one attached hydrogen (secondary N) is 2. The number of nitro benzene ring substituents is 1. The van der Waals surface area contributed by atoms with Gasteiger partial charge in [-0.3, -0.25) is 30.6 Å². The van der Waals surface area contributed by atoms with Crippen molar-refractivity contribution in [3.8, 4) is 0 Å². The van der Waals surface area contributed by atoms with Crippen LogP contribution in [0.2, 0.25) is 0 Å². The van der Waals surface area contributed by atoms with Crippen LogP contribution in [0.1, 0.15) is 43.2 Å². The van der Waals surface area contributed by atoms with Crippen LogP contribution in [0.25, 0.3) is 0 Å². The molecule has 32 heavy (non-hydrogen) atoms. The van der Waals surface area contributed by atoms with Crippen molar-refractivity contribution in [1.82, 2.24) is 20.8 Å². The molecule has 0 bridgehead atoms. The molecule has 0 aliphatic rings. The van der Waals surface area contributed by atoms with Crippen molar-refractivity contribution in [2.75, 3.05) is 0 Å². The summed E-state index contributed by atoms with van der Waals surface area (Å²) in [7, 11) is 0. The molecular formula is C22H21N5O4S. The highest BCUT2D eigenvalue weighted by Gasteiger charge is 2.14. The normalized spacial score (nSPS) is 10.5. The van der Waals surface area contributed by atoms with E-state index in [0.29, 0.717) is 22.0 Å². The third-order valence-electron chi connectivity index (χ3n) is 4.49. The molecule has 9 nitrogen and oxygen atoms in total. The molecule has 3 aromatic rings. The van der Waals surface area contributed by atoms with E-state index >= 15 is 0 Å². The van der Waals surface area contributed by atoms with Crippen molar-refractivity contribution >= 4 is 29.3 Å². The Labute approximate surface area is 188 Å². The summed E-state index contributed by atoms with van der Waals surface area (Å²) < 4.78 is 0. The number of rotatable bonds is 6. The number of hydrazine groups is 1. The predicted octanol–water partition coefficient (Wildman–Crippen LogP) is 3.68. The zero-order valence-electron chi connectivity index (χ0n) is 17.7. The van der Waals surface area contributed by atoms with Crippen molar-refractivity contribution in [2.24, 2.45) is 0 Å². The summed E-state index contributed by atoms with van der Waals surface area (Å²) in [6.07, 6.45) is 0. The van der Waals surface area contributed by atoms with Crippen molar-refractivity contribution in [2.45, 2.75) is 31.7 Å². The molecule has 1 heterocycles. The first kappa shape index (κ1) is 22.9. The van der Waals surface area contributed by atoms with Gasteiger partial charge in [0, 0.05) is 39.9 Å². The van der Waals surface area contributed by atoms with Gasteiger partial charge in [-0.2, -0.15) is 0 Å². The van der Waals surface area contributed by atoms with Crippen LogP contribution < -0.4 is 10.9 Å². The minimum Gasteiger partial charge on any atom is -0.267 e.